The third-order valence-corrected chi connectivity index (χ3v) is 4.42. The van der Waals surface area contributed by atoms with Gasteiger partial charge in [-0.1, -0.05) is 12.1 Å². The van der Waals surface area contributed by atoms with Crippen LogP contribution < -0.4 is 16.0 Å². The third-order valence-electron chi connectivity index (χ3n) is 4.42. The number of aryl methyl sites for hydroxylation is 1. The number of nitrogens with one attached hydrogen (secondary N) is 3. The van der Waals surface area contributed by atoms with Crippen molar-refractivity contribution in [3.8, 4) is 11.3 Å². The number of hydrogen-bond donors (Lipinski definition) is 3. The lowest BCUT2D eigenvalue weighted by Crippen LogP contribution is -2.35. The summed E-state index contributed by atoms with van der Waals surface area (Å²) in [7, 11) is 3.31. The van der Waals surface area contributed by atoms with Crippen LogP contribution in [0.15, 0.2) is 48.8 Å². The fourth-order valence-electron chi connectivity index (χ4n) is 2.85. The number of amides is 2. The number of rotatable bonds is 8. The Balaban J connectivity index is 1.80. The van der Waals surface area contributed by atoms with Crippen LogP contribution in [0.2, 0.25) is 0 Å². The van der Waals surface area contributed by atoms with Crippen LogP contribution in [0.1, 0.15) is 15.9 Å². The molecule has 9 heteroatoms. The Bertz CT molecular complexity index is 1050. The van der Waals surface area contributed by atoms with Gasteiger partial charge in [0.05, 0.1) is 24.0 Å². The molecule has 0 spiro atoms. The molecule has 0 atom stereocenters. The van der Waals surface area contributed by atoms with Gasteiger partial charge in [0.2, 0.25) is 5.91 Å². The fourth-order valence-corrected chi connectivity index (χ4v) is 2.85. The van der Waals surface area contributed by atoms with Gasteiger partial charge in [-0.3, -0.25) is 14.3 Å². The van der Waals surface area contributed by atoms with Gasteiger partial charge >= 0.3 is 0 Å². The first kappa shape index (κ1) is 21.0. The number of benzene rings is 1. The van der Waals surface area contributed by atoms with E-state index in [0.717, 1.165) is 11.1 Å². The number of carbonyl (C=O) groups excluding carboxylic acids is 2. The maximum Gasteiger partial charge on any atom is 0.255 e. The Morgan fingerprint density at radius 1 is 1.20 bits per heavy atom. The van der Waals surface area contributed by atoms with Crippen molar-refractivity contribution in [3.05, 3.63) is 65.7 Å². The van der Waals surface area contributed by atoms with Gasteiger partial charge in [-0.15, -0.1) is 0 Å². The molecule has 3 N–H and O–H groups in total. The zero-order valence-electron chi connectivity index (χ0n) is 16.8. The molecule has 156 valence electrons. The first-order valence-corrected chi connectivity index (χ1v) is 9.43. The normalized spacial score (nSPS) is 10.5. The first-order chi connectivity index (χ1) is 14.5. The average Bonchev–Trinajstić information content (AvgIpc) is 3.18. The van der Waals surface area contributed by atoms with E-state index in [0.29, 0.717) is 30.0 Å². The second-order valence-electron chi connectivity index (χ2n) is 6.66. The summed E-state index contributed by atoms with van der Waals surface area (Å²) in [4.78, 5) is 28.6. The van der Waals surface area contributed by atoms with Gasteiger partial charge in [0.25, 0.3) is 5.91 Å². The number of halogens is 1. The molecule has 0 unspecified atom stereocenters. The first-order valence-electron chi connectivity index (χ1n) is 9.43. The van der Waals surface area contributed by atoms with Crippen LogP contribution in [0.25, 0.3) is 11.3 Å². The number of aromatic nitrogens is 3. The van der Waals surface area contributed by atoms with Gasteiger partial charge < -0.3 is 16.0 Å². The van der Waals surface area contributed by atoms with E-state index in [9.17, 15) is 14.0 Å². The number of hydrogen-bond acceptors (Lipinski definition) is 5. The molecular formula is C21H23FN6O2. The number of carbonyl (C=O) groups is 2. The lowest BCUT2D eigenvalue weighted by atomic mass is 10.1. The van der Waals surface area contributed by atoms with Gasteiger partial charge in [0.15, 0.2) is 0 Å². The van der Waals surface area contributed by atoms with Crippen molar-refractivity contribution >= 4 is 17.6 Å². The van der Waals surface area contributed by atoms with E-state index in [4.69, 9.17) is 0 Å². The number of anilines is 1. The Morgan fingerprint density at radius 3 is 2.73 bits per heavy atom. The van der Waals surface area contributed by atoms with Crippen molar-refractivity contribution < 1.29 is 14.0 Å². The fraction of sp³-hybridized carbons (Fsp3) is 0.238. The van der Waals surface area contributed by atoms with Crippen LogP contribution in [0.4, 0.5) is 10.2 Å². The molecule has 0 aliphatic carbocycles. The highest BCUT2D eigenvalue weighted by molar-refractivity contribution is 6.00. The summed E-state index contributed by atoms with van der Waals surface area (Å²) >= 11 is 0. The lowest BCUT2D eigenvalue weighted by Gasteiger charge is -2.13. The molecule has 2 aromatic heterocycles. The summed E-state index contributed by atoms with van der Waals surface area (Å²) in [5.41, 5.74) is 2.60. The number of pyridine rings is 1. The van der Waals surface area contributed by atoms with Crippen LogP contribution in [-0.4, -0.2) is 46.7 Å². The largest absolute Gasteiger partial charge is 0.369 e. The number of likely N-dealkylation sites (N-methyl/N-ethyl adjacent to an activating group) is 1. The maximum absolute atomic E-state index is 13.4. The molecule has 1 aromatic carbocycles. The molecule has 8 nitrogen and oxygen atoms in total. The van der Waals surface area contributed by atoms with Gasteiger partial charge in [0, 0.05) is 32.4 Å². The highest BCUT2D eigenvalue weighted by atomic mass is 19.1. The van der Waals surface area contributed by atoms with Gasteiger partial charge in [-0.05, 0) is 36.2 Å². The molecule has 0 bridgehead atoms. The van der Waals surface area contributed by atoms with E-state index in [-0.39, 0.29) is 18.3 Å². The highest BCUT2D eigenvalue weighted by Gasteiger charge is 2.15. The lowest BCUT2D eigenvalue weighted by molar-refractivity contribution is -0.119. The van der Waals surface area contributed by atoms with E-state index in [1.807, 2.05) is 19.3 Å². The highest BCUT2D eigenvalue weighted by Crippen LogP contribution is 2.21. The van der Waals surface area contributed by atoms with Gasteiger partial charge in [-0.25, -0.2) is 9.37 Å². The summed E-state index contributed by atoms with van der Waals surface area (Å²) in [6.45, 7) is 0.311. The molecule has 30 heavy (non-hydrogen) atoms. The predicted molar refractivity (Wildman–Crippen MR) is 111 cm³/mol. The molecule has 0 aliphatic rings. The molecule has 0 aliphatic heterocycles. The molecule has 2 heterocycles. The van der Waals surface area contributed by atoms with Crippen molar-refractivity contribution in [3.63, 3.8) is 0 Å². The second kappa shape index (κ2) is 9.64. The van der Waals surface area contributed by atoms with Crippen LogP contribution in [0.5, 0.6) is 0 Å². The van der Waals surface area contributed by atoms with Crippen molar-refractivity contribution in [1.29, 1.82) is 0 Å². The van der Waals surface area contributed by atoms with E-state index in [1.165, 1.54) is 19.2 Å². The minimum atomic E-state index is -0.419. The van der Waals surface area contributed by atoms with E-state index >= 15 is 0 Å². The molecule has 3 rings (SSSR count). The van der Waals surface area contributed by atoms with E-state index < -0.39 is 5.91 Å². The third kappa shape index (κ3) is 5.40. The Hall–Kier alpha value is -3.75. The summed E-state index contributed by atoms with van der Waals surface area (Å²) in [6.07, 6.45) is 4.06. The van der Waals surface area contributed by atoms with Crippen molar-refractivity contribution in [2.45, 2.75) is 6.42 Å². The van der Waals surface area contributed by atoms with Gasteiger partial charge in [-0.2, -0.15) is 5.10 Å². The summed E-state index contributed by atoms with van der Waals surface area (Å²) in [6, 6.07) is 9.73. The molecule has 0 saturated heterocycles. The van der Waals surface area contributed by atoms with Crippen LogP contribution in [-0.2, 0) is 18.3 Å². The van der Waals surface area contributed by atoms with Crippen molar-refractivity contribution in [1.82, 2.24) is 25.4 Å². The molecule has 0 radical (unpaired) electrons. The minimum absolute atomic E-state index is 0.136. The monoisotopic (exact) mass is 410 g/mol. The Kier molecular flexibility index (Phi) is 6.74. The molecule has 2 amide bonds. The topological polar surface area (TPSA) is 101 Å². The van der Waals surface area contributed by atoms with Crippen molar-refractivity contribution in [2.75, 3.05) is 25.5 Å². The maximum atomic E-state index is 13.4. The standard InChI is InChI=1S/C21H23FN6O2/c1-23-19(29)12-25-21(30)17-6-7-18(15-11-26-28(2)13-15)27-20(17)24-9-8-14-4-3-5-16(22)10-14/h3-7,10-11,13H,8-9,12H2,1-2H3,(H,23,29)(H,24,27)(H,25,30). The van der Waals surface area contributed by atoms with Crippen LogP contribution in [0.3, 0.4) is 0 Å². The quantitative estimate of drug-likeness (QED) is 0.525. The number of nitrogens with zero attached hydrogens (tertiary/aromatic N) is 3. The molecule has 3 aromatic rings. The minimum Gasteiger partial charge on any atom is -0.369 e. The van der Waals surface area contributed by atoms with Crippen LogP contribution >= 0.6 is 0 Å². The molecular weight excluding hydrogens is 387 g/mol. The Labute approximate surface area is 173 Å². The van der Waals surface area contributed by atoms with E-state index in [2.05, 4.69) is 26.0 Å². The summed E-state index contributed by atoms with van der Waals surface area (Å²) < 4.78 is 15.0. The predicted octanol–water partition coefficient (Wildman–Crippen LogP) is 1.75. The zero-order chi connectivity index (χ0) is 21.5. The smallest absolute Gasteiger partial charge is 0.255 e. The molecule has 0 saturated carbocycles. The van der Waals surface area contributed by atoms with Gasteiger partial charge in [0.1, 0.15) is 11.6 Å². The Morgan fingerprint density at radius 2 is 2.03 bits per heavy atom. The summed E-state index contributed by atoms with van der Waals surface area (Å²) in [5.74, 6) is -0.637. The average molecular weight is 410 g/mol. The summed E-state index contributed by atoms with van der Waals surface area (Å²) in [5, 5.41) is 12.3. The second-order valence-corrected chi connectivity index (χ2v) is 6.66. The SMILES string of the molecule is CNC(=O)CNC(=O)c1ccc(-c2cnn(C)c2)nc1NCCc1cccc(F)c1. The molecule has 0 fully saturated rings. The van der Waals surface area contributed by atoms with Crippen molar-refractivity contribution in [2.24, 2.45) is 7.05 Å². The zero-order valence-corrected chi connectivity index (χ0v) is 16.8. The van der Waals surface area contributed by atoms with E-state index in [1.54, 1.807) is 29.1 Å². The van der Waals surface area contributed by atoms with Crippen LogP contribution in [0, 0.1) is 5.82 Å².